The topological polar surface area (TPSA) is 17.8 Å². The lowest BCUT2D eigenvalue weighted by molar-refractivity contribution is 0.616. The van der Waals surface area contributed by atoms with E-state index in [-0.39, 0.29) is 11.7 Å². The zero-order valence-corrected chi connectivity index (χ0v) is 12.1. The van der Waals surface area contributed by atoms with Crippen molar-refractivity contribution in [3.8, 4) is 5.69 Å². The Balaban J connectivity index is 2.39. The fourth-order valence-electron chi connectivity index (χ4n) is 2.49. The largest absolute Gasteiger partial charge is 0.292 e. The van der Waals surface area contributed by atoms with Gasteiger partial charge in [0.15, 0.2) is 0 Å². The molecule has 0 aliphatic heterocycles. The number of rotatable bonds is 2. The lowest BCUT2D eigenvalue weighted by Crippen LogP contribution is -2.03. The number of hydrogen-bond donors (Lipinski definition) is 0. The summed E-state index contributed by atoms with van der Waals surface area (Å²) in [4.78, 5) is 4.50. The fourth-order valence-corrected chi connectivity index (χ4v) is 2.66. The van der Waals surface area contributed by atoms with E-state index in [2.05, 4.69) is 4.98 Å². The Morgan fingerprint density at radius 2 is 2.00 bits per heavy atom. The van der Waals surface area contributed by atoms with E-state index in [9.17, 15) is 4.39 Å². The highest BCUT2D eigenvalue weighted by Crippen LogP contribution is 2.27. The van der Waals surface area contributed by atoms with Gasteiger partial charge in [-0.1, -0.05) is 18.2 Å². The van der Waals surface area contributed by atoms with E-state index in [1.54, 1.807) is 6.07 Å². The van der Waals surface area contributed by atoms with Crippen molar-refractivity contribution in [2.45, 2.75) is 19.7 Å². The summed E-state index contributed by atoms with van der Waals surface area (Å²) in [7, 11) is 0. The maximum Gasteiger partial charge on any atom is 0.147 e. The molecule has 0 fully saturated rings. The molecule has 0 saturated heterocycles. The van der Waals surface area contributed by atoms with Crippen LogP contribution in [0, 0.1) is 19.7 Å². The van der Waals surface area contributed by atoms with Gasteiger partial charge in [0.25, 0.3) is 0 Å². The first kappa shape index (κ1) is 13.1. The summed E-state index contributed by atoms with van der Waals surface area (Å²) in [6.07, 6.45) is 0. The zero-order valence-electron chi connectivity index (χ0n) is 11.3. The van der Waals surface area contributed by atoms with E-state index >= 15 is 0 Å². The van der Waals surface area contributed by atoms with Crippen molar-refractivity contribution in [1.29, 1.82) is 0 Å². The van der Waals surface area contributed by atoms with Gasteiger partial charge in [0, 0.05) is 0 Å². The van der Waals surface area contributed by atoms with Gasteiger partial charge < -0.3 is 0 Å². The molecule has 4 heteroatoms. The van der Waals surface area contributed by atoms with Crippen molar-refractivity contribution in [2.24, 2.45) is 0 Å². The number of alkyl halides is 1. The van der Waals surface area contributed by atoms with E-state index in [0.717, 1.165) is 22.2 Å². The Morgan fingerprint density at radius 3 is 2.70 bits per heavy atom. The highest BCUT2D eigenvalue weighted by atomic mass is 35.5. The number of aromatic nitrogens is 2. The first-order chi connectivity index (χ1) is 9.61. The lowest BCUT2D eigenvalue weighted by atomic mass is 10.2. The van der Waals surface area contributed by atoms with E-state index in [1.165, 1.54) is 6.07 Å². The minimum atomic E-state index is -0.265. The van der Waals surface area contributed by atoms with Gasteiger partial charge in [0.2, 0.25) is 0 Å². The van der Waals surface area contributed by atoms with E-state index in [0.29, 0.717) is 11.5 Å². The van der Waals surface area contributed by atoms with Gasteiger partial charge in [0.1, 0.15) is 11.6 Å². The molecule has 1 heterocycles. The highest BCUT2D eigenvalue weighted by Gasteiger charge is 2.16. The molecule has 0 amide bonds. The zero-order chi connectivity index (χ0) is 14.3. The Morgan fingerprint density at radius 1 is 1.20 bits per heavy atom. The van der Waals surface area contributed by atoms with Crippen LogP contribution in [-0.4, -0.2) is 9.55 Å². The molecule has 2 aromatic carbocycles. The van der Waals surface area contributed by atoms with Gasteiger partial charge in [-0.05, 0) is 43.2 Å². The summed E-state index contributed by atoms with van der Waals surface area (Å²) in [6.45, 7) is 3.86. The second-order valence-electron chi connectivity index (χ2n) is 4.89. The summed E-state index contributed by atoms with van der Waals surface area (Å²) in [6, 6.07) is 11.0. The number of imidazole rings is 1. The van der Waals surface area contributed by atoms with Crippen LogP contribution in [0.25, 0.3) is 16.7 Å². The first-order valence-electron chi connectivity index (χ1n) is 6.41. The van der Waals surface area contributed by atoms with Crippen LogP contribution in [0.5, 0.6) is 0 Å². The Labute approximate surface area is 121 Å². The second kappa shape index (κ2) is 4.91. The molecule has 0 unspecified atom stereocenters. The third-order valence-electron chi connectivity index (χ3n) is 3.41. The number of halogens is 2. The molecule has 1 aromatic heterocycles. The van der Waals surface area contributed by atoms with Gasteiger partial charge in [0.05, 0.1) is 22.6 Å². The van der Waals surface area contributed by atoms with E-state index in [1.807, 2.05) is 42.7 Å². The number of para-hydroxylation sites is 1. The monoisotopic (exact) mass is 288 g/mol. The summed E-state index contributed by atoms with van der Waals surface area (Å²) >= 11 is 5.98. The Kier molecular flexibility index (Phi) is 3.22. The molecular formula is C16H14ClFN2. The standard InChI is InChI=1S/C16H14ClFN2/c1-10-6-7-14(12(18)8-10)20-15(9-17)19-13-5-3-4-11(2)16(13)20/h3-8H,9H2,1-2H3. The lowest BCUT2D eigenvalue weighted by Gasteiger charge is -2.11. The third kappa shape index (κ3) is 1.98. The molecule has 0 radical (unpaired) electrons. The maximum atomic E-state index is 14.3. The molecule has 3 aromatic rings. The average molecular weight is 289 g/mol. The minimum absolute atomic E-state index is 0.238. The molecule has 2 nitrogen and oxygen atoms in total. The van der Waals surface area contributed by atoms with Crippen LogP contribution in [0.3, 0.4) is 0 Å². The van der Waals surface area contributed by atoms with E-state index < -0.39 is 0 Å². The number of hydrogen-bond acceptors (Lipinski definition) is 1. The highest BCUT2D eigenvalue weighted by molar-refractivity contribution is 6.17. The molecule has 0 bridgehead atoms. The summed E-state index contributed by atoms with van der Waals surface area (Å²) < 4.78 is 16.1. The average Bonchev–Trinajstić information content (AvgIpc) is 2.79. The molecule has 20 heavy (non-hydrogen) atoms. The quantitative estimate of drug-likeness (QED) is 0.634. The second-order valence-corrected chi connectivity index (χ2v) is 5.16. The molecule has 0 N–H and O–H groups in total. The molecule has 0 atom stereocenters. The third-order valence-corrected chi connectivity index (χ3v) is 3.65. The number of nitrogens with zero attached hydrogens (tertiary/aromatic N) is 2. The van der Waals surface area contributed by atoms with Gasteiger partial charge in [-0.15, -0.1) is 11.6 Å². The predicted octanol–water partition coefficient (Wildman–Crippen LogP) is 4.52. The van der Waals surface area contributed by atoms with Crippen LogP contribution in [0.2, 0.25) is 0 Å². The summed E-state index contributed by atoms with van der Waals surface area (Å²) in [5.74, 6) is 0.624. The van der Waals surface area contributed by atoms with Crippen LogP contribution < -0.4 is 0 Å². The maximum absolute atomic E-state index is 14.3. The van der Waals surface area contributed by atoms with Gasteiger partial charge >= 0.3 is 0 Å². The van der Waals surface area contributed by atoms with Crippen molar-refractivity contribution < 1.29 is 4.39 Å². The molecule has 3 rings (SSSR count). The molecule has 0 saturated carbocycles. The van der Waals surface area contributed by atoms with Crippen LogP contribution in [0.4, 0.5) is 4.39 Å². The first-order valence-corrected chi connectivity index (χ1v) is 6.94. The van der Waals surface area contributed by atoms with Crippen LogP contribution in [0.15, 0.2) is 36.4 Å². The smallest absolute Gasteiger partial charge is 0.147 e. The van der Waals surface area contributed by atoms with Crippen LogP contribution >= 0.6 is 11.6 Å². The number of fused-ring (bicyclic) bond motifs is 1. The van der Waals surface area contributed by atoms with Crippen LogP contribution in [-0.2, 0) is 5.88 Å². The molecule has 0 aliphatic carbocycles. The van der Waals surface area contributed by atoms with Gasteiger partial charge in [-0.25, -0.2) is 9.37 Å². The minimum Gasteiger partial charge on any atom is -0.292 e. The van der Waals surface area contributed by atoms with Gasteiger partial charge in [-0.2, -0.15) is 0 Å². The molecule has 0 spiro atoms. The van der Waals surface area contributed by atoms with Crippen molar-refractivity contribution >= 4 is 22.6 Å². The van der Waals surface area contributed by atoms with Crippen molar-refractivity contribution in [1.82, 2.24) is 9.55 Å². The summed E-state index contributed by atoms with van der Waals surface area (Å²) in [5, 5.41) is 0. The van der Waals surface area contributed by atoms with Crippen molar-refractivity contribution in [3.63, 3.8) is 0 Å². The SMILES string of the molecule is Cc1ccc(-n2c(CCl)nc3cccc(C)c32)c(F)c1. The molecule has 0 aliphatic rings. The Bertz CT molecular complexity index is 793. The van der Waals surface area contributed by atoms with Crippen molar-refractivity contribution in [2.75, 3.05) is 0 Å². The number of benzene rings is 2. The van der Waals surface area contributed by atoms with Crippen LogP contribution in [0.1, 0.15) is 17.0 Å². The van der Waals surface area contributed by atoms with Crippen molar-refractivity contribution in [3.05, 3.63) is 59.2 Å². The number of aryl methyl sites for hydroxylation is 2. The van der Waals surface area contributed by atoms with E-state index in [4.69, 9.17) is 11.6 Å². The summed E-state index contributed by atoms with van der Waals surface area (Å²) in [5.41, 5.74) is 4.17. The molecular weight excluding hydrogens is 275 g/mol. The fraction of sp³-hybridized carbons (Fsp3) is 0.188. The van der Waals surface area contributed by atoms with Gasteiger partial charge in [-0.3, -0.25) is 4.57 Å². The molecule has 102 valence electrons. The normalized spacial score (nSPS) is 11.2. The predicted molar refractivity (Wildman–Crippen MR) is 80.1 cm³/mol. The Hall–Kier alpha value is -1.87.